The van der Waals surface area contributed by atoms with Crippen LogP contribution in [0, 0.1) is 5.92 Å². The van der Waals surface area contributed by atoms with Gasteiger partial charge in [-0.2, -0.15) is 0 Å². The summed E-state index contributed by atoms with van der Waals surface area (Å²) in [5.74, 6) is 0.519. The van der Waals surface area contributed by atoms with E-state index in [0.717, 1.165) is 11.1 Å². The van der Waals surface area contributed by atoms with Gasteiger partial charge in [-0.3, -0.25) is 4.79 Å². The number of hydrogen-bond donors (Lipinski definition) is 2. The summed E-state index contributed by atoms with van der Waals surface area (Å²) in [6, 6.07) is 10.1. The summed E-state index contributed by atoms with van der Waals surface area (Å²) in [6.07, 6.45) is 0.538. The van der Waals surface area contributed by atoms with Crippen LogP contribution in [0.15, 0.2) is 36.4 Å². The van der Waals surface area contributed by atoms with Crippen molar-refractivity contribution in [3.05, 3.63) is 57.6 Å². The Bertz CT molecular complexity index is 811. The molecule has 0 saturated carbocycles. The third-order valence-corrected chi connectivity index (χ3v) is 4.80. The molecule has 0 aliphatic carbocycles. The normalized spacial score (nSPS) is 12.1. The van der Waals surface area contributed by atoms with Gasteiger partial charge in [-0.05, 0) is 30.5 Å². The fourth-order valence-electron chi connectivity index (χ4n) is 2.79. The van der Waals surface area contributed by atoms with E-state index >= 15 is 0 Å². The third kappa shape index (κ3) is 6.30. The van der Waals surface area contributed by atoms with Gasteiger partial charge in [0.05, 0.1) is 7.11 Å². The van der Waals surface area contributed by atoms with Gasteiger partial charge in [-0.15, -0.1) is 0 Å². The zero-order chi connectivity index (χ0) is 20.7. The number of carbonyl (C=O) groups is 1. The fraction of sp³-hybridized carbons (Fsp3) is 0.381. The van der Waals surface area contributed by atoms with Crippen molar-refractivity contribution < 1.29 is 19.4 Å². The van der Waals surface area contributed by atoms with Crippen molar-refractivity contribution >= 4 is 29.2 Å². The van der Waals surface area contributed by atoms with E-state index in [4.69, 9.17) is 32.7 Å². The molecular weight excluding hydrogens is 401 g/mol. The maximum atomic E-state index is 11.5. The monoisotopic (exact) mass is 425 g/mol. The first-order chi connectivity index (χ1) is 13.3. The lowest BCUT2D eigenvalue weighted by Crippen LogP contribution is -2.37. The van der Waals surface area contributed by atoms with Crippen LogP contribution in [0.4, 0.5) is 0 Å². The third-order valence-electron chi connectivity index (χ3n) is 4.21. The summed E-state index contributed by atoms with van der Waals surface area (Å²) in [4.78, 5) is 11.5. The van der Waals surface area contributed by atoms with Crippen molar-refractivity contribution in [3.8, 4) is 11.5 Å². The van der Waals surface area contributed by atoms with Crippen LogP contribution >= 0.6 is 23.2 Å². The molecule has 2 aromatic rings. The molecule has 7 heteroatoms. The van der Waals surface area contributed by atoms with Gasteiger partial charge >= 0.3 is 5.97 Å². The highest BCUT2D eigenvalue weighted by atomic mass is 35.5. The van der Waals surface area contributed by atoms with Crippen LogP contribution in [-0.2, 0) is 17.9 Å². The van der Waals surface area contributed by atoms with Gasteiger partial charge in [0.1, 0.15) is 12.6 Å². The Kier molecular flexibility index (Phi) is 8.42. The molecule has 0 aromatic heterocycles. The number of halogens is 2. The van der Waals surface area contributed by atoms with Gasteiger partial charge in [0.2, 0.25) is 0 Å². The minimum atomic E-state index is -0.869. The zero-order valence-electron chi connectivity index (χ0n) is 16.2. The van der Waals surface area contributed by atoms with Crippen molar-refractivity contribution in [1.82, 2.24) is 5.32 Å². The van der Waals surface area contributed by atoms with E-state index < -0.39 is 12.0 Å². The molecule has 0 amide bonds. The van der Waals surface area contributed by atoms with E-state index in [1.54, 1.807) is 31.4 Å². The van der Waals surface area contributed by atoms with Crippen molar-refractivity contribution in [2.75, 3.05) is 7.11 Å². The largest absolute Gasteiger partial charge is 0.493 e. The molecule has 0 heterocycles. The minimum Gasteiger partial charge on any atom is -0.493 e. The maximum absolute atomic E-state index is 11.5. The first kappa shape index (κ1) is 22.3. The van der Waals surface area contributed by atoms with Crippen molar-refractivity contribution in [3.63, 3.8) is 0 Å². The number of methoxy groups -OCH3 is 1. The number of rotatable bonds is 10. The molecule has 1 unspecified atom stereocenters. The number of ether oxygens (including phenoxy) is 2. The standard InChI is InChI=1S/C21H25Cl2NO4/c1-13(2)9-18(21(25)26)24-11-14-5-4-6-19(27-3)20(14)28-12-15-7-8-16(22)10-17(15)23/h4-8,10,13,18,24H,9,11-12H2,1-3H3,(H,25,26). The maximum Gasteiger partial charge on any atom is 0.320 e. The quantitative estimate of drug-likeness (QED) is 0.549. The second-order valence-electron chi connectivity index (χ2n) is 6.87. The summed E-state index contributed by atoms with van der Waals surface area (Å²) in [6.45, 7) is 4.56. The Morgan fingerprint density at radius 3 is 2.54 bits per heavy atom. The molecular formula is C21H25Cl2NO4. The molecule has 5 nitrogen and oxygen atoms in total. The SMILES string of the molecule is COc1cccc(CNC(CC(C)C)C(=O)O)c1OCc1ccc(Cl)cc1Cl. The summed E-state index contributed by atoms with van der Waals surface area (Å²) < 4.78 is 11.4. The van der Waals surface area contributed by atoms with Crippen LogP contribution < -0.4 is 14.8 Å². The van der Waals surface area contributed by atoms with Gasteiger partial charge in [0.15, 0.2) is 11.5 Å². The molecule has 152 valence electrons. The van der Waals surface area contributed by atoms with E-state index in [2.05, 4.69) is 5.32 Å². The Morgan fingerprint density at radius 2 is 1.93 bits per heavy atom. The number of carboxylic acids is 1. The van der Waals surface area contributed by atoms with Gasteiger partial charge < -0.3 is 19.9 Å². The first-order valence-electron chi connectivity index (χ1n) is 9.00. The molecule has 2 N–H and O–H groups in total. The highest BCUT2D eigenvalue weighted by Crippen LogP contribution is 2.33. The Morgan fingerprint density at radius 1 is 1.18 bits per heavy atom. The molecule has 0 aliphatic heterocycles. The van der Waals surface area contributed by atoms with E-state index in [-0.39, 0.29) is 12.5 Å². The number of benzene rings is 2. The molecule has 1 atom stereocenters. The molecule has 2 aromatic carbocycles. The lowest BCUT2D eigenvalue weighted by molar-refractivity contribution is -0.140. The van der Waals surface area contributed by atoms with E-state index in [9.17, 15) is 9.90 Å². The van der Waals surface area contributed by atoms with Crippen molar-refractivity contribution in [2.24, 2.45) is 5.92 Å². The van der Waals surface area contributed by atoms with Crippen LogP contribution in [-0.4, -0.2) is 24.2 Å². The molecule has 0 spiro atoms. The van der Waals surface area contributed by atoms with Crippen LogP contribution in [0.5, 0.6) is 11.5 Å². The average Bonchev–Trinajstić information content (AvgIpc) is 2.64. The van der Waals surface area contributed by atoms with Gasteiger partial charge in [-0.1, -0.05) is 55.2 Å². The Hall–Kier alpha value is -1.95. The van der Waals surface area contributed by atoms with Gasteiger partial charge in [-0.25, -0.2) is 0 Å². The first-order valence-corrected chi connectivity index (χ1v) is 9.76. The molecule has 0 bridgehead atoms. The topological polar surface area (TPSA) is 67.8 Å². The Labute approximate surface area is 175 Å². The van der Waals surface area contributed by atoms with Gasteiger partial charge in [0, 0.05) is 27.7 Å². The molecule has 0 radical (unpaired) electrons. The zero-order valence-corrected chi connectivity index (χ0v) is 17.7. The van der Waals surface area contributed by atoms with Crippen molar-refractivity contribution in [2.45, 2.75) is 39.5 Å². The second kappa shape index (κ2) is 10.6. The van der Waals surface area contributed by atoms with Crippen LogP contribution in [0.25, 0.3) is 0 Å². The highest BCUT2D eigenvalue weighted by molar-refractivity contribution is 6.35. The van der Waals surface area contributed by atoms with Crippen molar-refractivity contribution in [1.29, 1.82) is 0 Å². The number of carboxylic acid groups (broad SMARTS) is 1. The van der Waals surface area contributed by atoms with E-state index in [1.165, 1.54) is 0 Å². The summed E-state index contributed by atoms with van der Waals surface area (Å²) in [7, 11) is 1.56. The lowest BCUT2D eigenvalue weighted by Gasteiger charge is -2.19. The summed E-state index contributed by atoms with van der Waals surface area (Å²) in [5.41, 5.74) is 1.60. The number of para-hydroxylation sites is 1. The predicted molar refractivity (Wildman–Crippen MR) is 112 cm³/mol. The predicted octanol–water partition coefficient (Wildman–Crippen LogP) is 5.17. The number of nitrogens with one attached hydrogen (secondary N) is 1. The summed E-state index contributed by atoms with van der Waals surface area (Å²) >= 11 is 12.2. The second-order valence-corrected chi connectivity index (χ2v) is 7.72. The smallest absolute Gasteiger partial charge is 0.320 e. The summed E-state index contributed by atoms with van der Waals surface area (Å²) in [5, 5.41) is 13.6. The molecule has 0 aliphatic rings. The average molecular weight is 426 g/mol. The molecule has 0 saturated heterocycles. The van der Waals surface area contributed by atoms with E-state index in [0.29, 0.717) is 34.5 Å². The van der Waals surface area contributed by atoms with Gasteiger partial charge in [0.25, 0.3) is 0 Å². The Balaban J connectivity index is 2.17. The minimum absolute atomic E-state index is 0.234. The van der Waals surface area contributed by atoms with Crippen LogP contribution in [0.2, 0.25) is 10.0 Å². The number of hydrogen-bond acceptors (Lipinski definition) is 4. The van der Waals surface area contributed by atoms with Crippen LogP contribution in [0.3, 0.4) is 0 Å². The molecule has 28 heavy (non-hydrogen) atoms. The lowest BCUT2D eigenvalue weighted by atomic mass is 10.0. The fourth-order valence-corrected chi connectivity index (χ4v) is 3.25. The molecule has 2 rings (SSSR count). The molecule has 0 fully saturated rings. The van der Waals surface area contributed by atoms with Crippen LogP contribution in [0.1, 0.15) is 31.4 Å². The highest BCUT2D eigenvalue weighted by Gasteiger charge is 2.20. The van der Waals surface area contributed by atoms with E-state index in [1.807, 2.05) is 26.0 Å². The number of aliphatic carboxylic acids is 1.